The van der Waals surface area contributed by atoms with Crippen LogP contribution >= 0.6 is 23.2 Å². The Hall–Kier alpha value is -2.49. The van der Waals surface area contributed by atoms with Gasteiger partial charge in [-0.05, 0) is 66.1 Å². The predicted molar refractivity (Wildman–Crippen MR) is 112 cm³/mol. The zero-order valence-corrected chi connectivity index (χ0v) is 16.6. The van der Waals surface area contributed by atoms with E-state index in [1.807, 2.05) is 67.6 Å². The molecule has 0 unspecified atom stereocenters. The second-order valence-corrected chi connectivity index (χ2v) is 6.89. The smallest absolute Gasteiger partial charge is 0.161 e. The molecule has 0 bridgehead atoms. The van der Waals surface area contributed by atoms with Crippen molar-refractivity contribution < 1.29 is 9.47 Å². The predicted octanol–water partition coefficient (Wildman–Crippen LogP) is 6.64. The van der Waals surface area contributed by atoms with Crippen molar-refractivity contribution in [2.45, 2.75) is 13.5 Å². The molecular formula is C22H19Cl2NO2. The highest BCUT2D eigenvalue weighted by atomic mass is 35.5. The summed E-state index contributed by atoms with van der Waals surface area (Å²) in [5, 5.41) is 1.35. The van der Waals surface area contributed by atoms with Crippen LogP contribution in [0.25, 0.3) is 0 Å². The number of hydrogen-bond donors (Lipinski definition) is 0. The van der Waals surface area contributed by atoms with Gasteiger partial charge >= 0.3 is 0 Å². The fourth-order valence-electron chi connectivity index (χ4n) is 2.54. The highest BCUT2D eigenvalue weighted by Gasteiger charge is 2.06. The Kier molecular flexibility index (Phi) is 6.38. The average Bonchev–Trinajstić information content (AvgIpc) is 2.67. The summed E-state index contributed by atoms with van der Waals surface area (Å²) in [4.78, 5) is 4.52. The molecule has 138 valence electrons. The molecule has 3 aromatic carbocycles. The number of methoxy groups -OCH3 is 1. The molecule has 0 N–H and O–H groups in total. The molecular weight excluding hydrogens is 381 g/mol. The van der Waals surface area contributed by atoms with Crippen molar-refractivity contribution in [3.63, 3.8) is 0 Å². The lowest BCUT2D eigenvalue weighted by molar-refractivity contribution is 0.284. The van der Waals surface area contributed by atoms with E-state index in [4.69, 9.17) is 32.7 Å². The third kappa shape index (κ3) is 5.25. The minimum absolute atomic E-state index is 0.409. The van der Waals surface area contributed by atoms with E-state index >= 15 is 0 Å². The van der Waals surface area contributed by atoms with Crippen LogP contribution < -0.4 is 9.47 Å². The van der Waals surface area contributed by atoms with Crippen LogP contribution in [-0.2, 0) is 6.61 Å². The molecule has 27 heavy (non-hydrogen) atoms. The Bertz CT molecular complexity index is 970. The van der Waals surface area contributed by atoms with E-state index in [9.17, 15) is 0 Å². The normalized spacial score (nSPS) is 11.0. The fourth-order valence-corrected chi connectivity index (χ4v) is 2.92. The van der Waals surface area contributed by atoms with Gasteiger partial charge in [0.1, 0.15) is 6.61 Å². The second kappa shape index (κ2) is 8.94. The van der Waals surface area contributed by atoms with E-state index in [-0.39, 0.29) is 0 Å². The molecule has 0 aliphatic heterocycles. The first kappa shape index (κ1) is 19.3. The van der Waals surface area contributed by atoms with Crippen LogP contribution in [0.2, 0.25) is 10.0 Å². The molecule has 0 atom stereocenters. The maximum atomic E-state index is 6.04. The summed E-state index contributed by atoms with van der Waals surface area (Å²) >= 11 is 12.1. The monoisotopic (exact) mass is 399 g/mol. The fraction of sp³-hybridized carbons (Fsp3) is 0.136. The van der Waals surface area contributed by atoms with Gasteiger partial charge in [-0.1, -0.05) is 41.4 Å². The first-order chi connectivity index (χ1) is 13.0. The number of aryl methyl sites for hydroxylation is 1. The summed E-state index contributed by atoms with van der Waals surface area (Å²) in [6, 6.07) is 18.9. The average molecular weight is 400 g/mol. The van der Waals surface area contributed by atoms with Crippen LogP contribution in [0.3, 0.4) is 0 Å². The van der Waals surface area contributed by atoms with Crippen molar-refractivity contribution in [1.82, 2.24) is 0 Å². The van der Waals surface area contributed by atoms with Gasteiger partial charge in [-0.3, -0.25) is 4.99 Å². The van der Waals surface area contributed by atoms with Crippen LogP contribution in [-0.4, -0.2) is 13.3 Å². The number of aliphatic imine (C=N–C) groups is 1. The van der Waals surface area contributed by atoms with Crippen molar-refractivity contribution >= 4 is 35.1 Å². The largest absolute Gasteiger partial charge is 0.493 e. The third-order valence-electron chi connectivity index (χ3n) is 3.99. The highest BCUT2D eigenvalue weighted by molar-refractivity contribution is 6.31. The summed E-state index contributed by atoms with van der Waals surface area (Å²) in [5.74, 6) is 1.30. The Labute approximate surface area is 169 Å². The van der Waals surface area contributed by atoms with Gasteiger partial charge in [-0.2, -0.15) is 0 Å². The Balaban J connectivity index is 1.75. The van der Waals surface area contributed by atoms with Crippen molar-refractivity contribution in [3.8, 4) is 11.5 Å². The summed E-state index contributed by atoms with van der Waals surface area (Å²) in [6.45, 7) is 2.41. The van der Waals surface area contributed by atoms with E-state index < -0.39 is 0 Å². The summed E-state index contributed by atoms with van der Waals surface area (Å²) in [7, 11) is 1.61. The van der Waals surface area contributed by atoms with Gasteiger partial charge in [0.05, 0.1) is 12.8 Å². The summed E-state index contributed by atoms with van der Waals surface area (Å²) < 4.78 is 11.3. The lowest BCUT2D eigenvalue weighted by Gasteiger charge is -2.11. The molecule has 0 saturated heterocycles. The molecule has 0 aliphatic carbocycles. The standard InChI is InChI=1S/C22H19Cl2NO2/c1-15-6-8-19(24)12-20(15)25-13-16-7-9-21(22(11-16)26-2)27-14-17-4-3-5-18(23)10-17/h3-13H,14H2,1-2H3. The zero-order valence-electron chi connectivity index (χ0n) is 15.1. The molecule has 0 aliphatic rings. The molecule has 0 aromatic heterocycles. The van der Waals surface area contributed by atoms with Crippen LogP contribution in [0.15, 0.2) is 65.7 Å². The molecule has 5 heteroatoms. The van der Waals surface area contributed by atoms with E-state index in [0.717, 1.165) is 22.4 Å². The van der Waals surface area contributed by atoms with Gasteiger partial charge < -0.3 is 9.47 Å². The third-order valence-corrected chi connectivity index (χ3v) is 4.47. The number of benzene rings is 3. The quantitative estimate of drug-likeness (QED) is 0.434. The maximum absolute atomic E-state index is 6.04. The molecule has 0 amide bonds. The van der Waals surface area contributed by atoms with Crippen molar-refractivity contribution in [3.05, 3.63) is 87.4 Å². The topological polar surface area (TPSA) is 30.8 Å². The second-order valence-electron chi connectivity index (χ2n) is 6.02. The van der Waals surface area contributed by atoms with Gasteiger partial charge in [-0.25, -0.2) is 0 Å². The highest BCUT2D eigenvalue weighted by Crippen LogP contribution is 2.29. The molecule has 0 saturated carbocycles. The Morgan fingerprint density at radius 2 is 1.74 bits per heavy atom. The number of ether oxygens (including phenoxy) is 2. The van der Waals surface area contributed by atoms with Crippen LogP contribution in [0, 0.1) is 6.92 Å². The first-order valence-corrected chi connectivity index (χ1v) is 9.16. The zero-order chi connectivity index (χ0) is 19.2. The summed E-state index contributed by atoms with van der Waals surface area (Å²) in [5.41, 5.74) is 3.79. The van der Waals surface area contributed by atoms with Gasteiger partial charge in [0, 0.05) is 16.3 Å². The first-order valence-electron chi connectivity index (χ1n) is 8.40. The van der Waals surface area contributed by atoms with Crippen LogP contribution in [0.1, 0.15) is 16.7 Å². The van der Waals surface area contributed by atoms with E-state index in [1.165, 1.54) is 0 Å². The molecule has 3 nitrogen and oxygen atoms in total. The van der Waals surface area contributed by atoms with E-state index in [1.54, 1.807) is 13.3 Å². The minimum atomic E-state index is 0.409. The van der Waals surface area contributed by atoms with Crippen LogP contribution in [0.5, 0.6) is 11.5 Å². The Morgan fingerprint density at radius 1 is 0.926 bits per heavy atom. The molecule has 3 rings (SSSR count). The number of hydrogen-bond acceptors (Lipinski definition) is 3. The number of halogens is 2. The number of rotatable bonds is 6. The van der Waals surface area contributed by atoms with Gasteiger partial charge in [0.2, 0.25) is 0 Å². The van der Waals surface area contributed by atoms with Crippen molar-refractivity contribution in [2.75, 3.05) is 7.11 Å². The lowest BCUT2D eigenvalue weighted by atomic mass is 10.2. The molecule has 3 aromatic rings. The molecule has 0 heterocycles. The van der Waals surface area contributed by atoms with E-state index in [2.05, 4.69) is 4.99 Å². The van der Waals surface area contributed by atoms with Gasteiger partial charge in [-0.15, -0.1) is 0 Å². The lowest BCUT2D eigenvalue weighted by Crippen LogP contribution is -1.98. The maximum Gasteiger partial charge on any atom is 0.161 e. The molecule has 0 fully saturated rings. The van der Waals surface area contributed by atoms with Crippen molar-refractivity contribution in [2.24, 2.45) is 4.99 Å². The van der Waals surface area contributed by atoms with Crippen molar-refractivity contribution in [1.29, 1.82) is 0 Å². The molecule has 0 radical (unpaired) electrons. The van der Waals surface area contributed by atoms with E-state index in [0.29, 0.717) is 28.2 Å². The molecule has 0 spiro atoms. The SMILES string of the molecule is COc1cc(C=Nc2cc(Cl)ccc2C)ccc1OCc1cccc(Cl)c1. The van der Waals surface area contributed by atoms with Crippen LogP contribution in [0.4, 0.5) is 5.69 Å². The minimum Gasteiger partial charge on any atom is -0.493 e. The van der Waals surface area contributed by atoms with Gasteiger partial charge in [0.25, 0.3) is 0 Å². The Morgan fingerprint density at radius 3 is 2.52 bits per heavy atom. The number of nitrogens with zero attached hydrogens (tertiary/aromatic N) is 1. The van der Waals surface area contributed by atoms with Gasteiger partial charge in [0.15, 0.2) is 11.5 Å². The summed E-state index contributed by atoms with van der Waals surface area (Å²) in [6.07, 6.45) is 1.78.